The predicted molar refractivity (Wildman–Crippen MR) is 79.9 cm³/mol. The maximum Gasteiger partial charge on any atom is 0.224 e. The van der Waals surface area contributed by atoms with Crippen LogP contribution < -0.4 is 10.1 Å². The summed E-state index contributed by atoms with van der Waals surface area (Å²) >= 11 is 0. The quantitative estimate of drug-likeness (QED) is 0.923. The Kier molecular flexibility index (Phi) is 4.04. The van der Waals surface area contributed by atoms with Crippen LogP contribution >= 0.6 is 0 Å². The third-order valence-electron chi connectivity index (χ3n) is 3.90. The van der Waals surface area contributed by atoms with Crippen LogP contribution in [0.4, 0.5) is 4.39 Å². The lowest BCUT2D eigenvalue weighted by molar-refractivity contribution is -0.122. The first-order valence-electron chi connectivity index (χ1n) is 7.19. The summed E-state index contributed by atoms with van der Waals surface area (Å²) in [4.78, 5) is 16.2. The minimum atomic E-state index is -0.253. The largest absolute Gasteiger partial charge is 0.481 e. The molecule has 0 bridgehead atoms. The summed E-state index contributed by atoms with van der Waals surface area (Å²) in [5.74, 6) is 0.492. The minimum absolute atomic E-state index is 0.0193. The Hall–Kier alpha value is -2.43. The Morgan fingerprint density at radius 3 is 2.86 bits per heavy atom. The molecular weight excluding hydrogens is 283 g/mol. The highest BCUT2D eigenvalue weighted by atomic mass is 19.1. The first-order chi connectivity index (χ1) is 10.7. The topological polar surface area (TPSA) is 51.2 Å². The number of aromatic nitrogens is 1. The molecule has 0 saturated heterocycles. The van der Waals surface area contributed by atoms with Crippen LogP contribution in [0.15, 0.2) is 42.6 Å². The fourth-order valence-corrected chi connectivity index (χ4v) is 2.56. The number of methoxy groups -OCH3 is 1. The van der Waals surface area contributed by atoms with Gasteiger partial charge in [0, 0.05) is 24.7 Å². The predicted octanol–water partition coefficient (Wildman–Crippen LogP) is 2.65. The van der Waals surface area contributed by atoms with Crippen molar-refractivity contribution in [1.29, 1.82) is 0 Å². The molecule has 0 spiro atoms. The van der Waals surface area contributed by atoms with Gasteiger partial charge in [0.2, 0.25) is 11.8 Å². The second kappa shape index (κ2) is 6.13. The van der Waals surface area contributed by atoms with E-state index in [0.29, 0.717) is 12.4 Å². The first kappa shape index (κ1) is 14.5. The van der Waals surface area contributed by atoms with Gasteiger partial charge in [-0.05, 0) is 41.7 Å². The molecule has 1 saturated carbocycles. The molecule has 1 aromatic carbocycles. The van der Waals surface area contributed by atoms with Gasteiger partial charge >= 0.3 is 0 Å². The van der Waals surface area contributed by atoms with Gasteiger partial charge in [0.25, 0.3) is 0 Å². The van der Waals surface area contributed by atoms with Crippen molar-refractivity contribution in [1.82, 2.24) is 10.3 Å². The molecular formula is C17H17FN2O2. The monoisotopic (exact) mass is 300 g/mol. The van der Waals surface area contributed by atoms with E-state index in [1.807, 2.05) is 6.07 Å². The second-order valence-corrected chi connectivity index (χ2v) is 5.42. The highest BCUT2D eigenvalue weighted by Crippen LogP contribution is 2.47. The lowest BCUT2D eigenvalue weighted by atomic mass is 10.1. The number of carbonyl (C=O) groups is 1. The van der Waals surface area contributed by atoms with Gasteiger partial charge in [0.15, 0.2) is 0 Å². The molecule has 2 atom stereocenters. The van der Waals surface area contributed by atoms with Gasteiger partial charge in [-0.3, -0.25) is 4.79 Å². The number of nitrogens with one attached hydrogen (secondary N) is 1. The molecule has 0 unspecified atom stereocenters. The van der Waals surface area contributed by atoms with E-state index >= 15 is 0 Å². The lowest BCUT2D eigenvalue weighted by Crippen LogP contribution is -2.24. The van der Waals surface area contributed by atoms with E-state index in [4.69, 9.17) is 4.74 Å². The Balaban J connectivity index is 1.54. The van der Waals surface area contributed by atoms with Crippen molar-refractivity contribution in [2.45, 2.75) is 18.9 Å². The van der Waals surface area contributed by atoms with Crippen LogP contribution in [0, 0.1) is 11.7 Å². The average molecular weight is 300 g/mol. The first-order valence-corrected chi connectivity index (χ1v) is 7.19. The summed E-state index contributed by atoms with van der Waals surface area (Å²) in [6.07, 6.45) is 2.47. The van der Waals surface area contributed by atoms with E-state index in [1.165, 1.54) is 12.1 Å². The molecule has 1 aliphatic carbocycles. The Bertz CT molecular complexity index is 673. The number of rotatable bonds is 5. The number of halogens is 1. The van der Waals surface area contributed by atoms with Gasteiger partial charge in [-0.25, -0.2) is 9.37 Å². The SMILES string of the molecule is COc1cc(CNC(=O)[C@H]2C[C@H]2c2ccc(F)cc2)ccn1. The molecule has 5 heteroatoms. The number of benzene rings is 1. The van der Waals surface area contributed by atoms with Gasteiger partial charge in [0.05, 0.1) is 7.11 Å². The summed E-state index contributed by atoms with van der Waals surface area (Å²) in [7, 11) is 1.56. The van der Waals surface area contributed by atoms with Crippen LogP contribution in [0.1, 0.15) is 23.5 Å². The molecule has 1 amide bonds. The third kappa shape index (κ3) is 3.24. The van der Waals surface area contributed by atoms with Crippen LogP contribution in [0.25, 0.3) is 0 Å². The molecule has 22 heavy (non-hydrogen) atoms. The van der Waals surface area contributed by atoms with Gasteiger partial charge in [-0.1, -0.05) is 12.1 Å². The van der Waals surface area contributed by atoms with Gasteiger partial charge in [-0.15, -0.1) is 0 Å². The van der Waals surface area contributed by atoms with Gasteiger partial charge in [0.1, 0.15) is 5.82 Å². The number of ether oxygens (including phenoxy) is 1. The number of carbonyl (C=O) groups excluding carboxylic acids is 1. The summed E-state index contributed by atoms with van der Waals surface area (Å²) < 4.78 is 18.0. The van der Waals surface area contributed by atoms with Gasteiger partial charge in [-0.2, -0.15) is 0 Å². The highest BCUT2D eigenvalue weighted by Gasteiger charge is 2.43. The fraction of sp³-hybridized carbons (Fsp3) is 0.294. The molecule has 0 aliphatic heterocycles. The van der Waals surface area contributed by atoms with Crippen molar-refractivity contribution in [3.05, 3.63) is 59.5 Å². The van der Waals surface area contributed by atoms with Crippen LogP contribution in [-0.2, 0) is 11.3 Å². The van der Waals surface area contributed by atoms with E-state index in [-0.39, 0.29) is 23.6 Å². The van der Waals surface area contributed by atoms with E-state index < -0.39 is 0 Å². The van der Waals surface area contributed by atoms with E-state index in [2.05, 4.69) is 10.3 Å². The highest BCUT2D eigenvalue weighted by molar-refractivity contribution is 5.82. The van der Waals surface area contributed by atoms with Crippen molar-refractivity contribution in [2.24, 2.45) is 5.92 Å². The van der Waals surface area contributed by atoms with E-state index in [1.54, 1.807) is 31.5 Å². The van der Waals surface area contributed by atoms with Crippen molar-refractivity contribution >= 4 is 5.91 Å². The molecule has 4 nitrogen and oxygen atoms in total. The maximum absolute atomic E-state index is 12.9. The number of hydrogen-bond donors (Lipinski definition) is 1. The molecule has 2 aromatic rings. The molecule has 1 N–H and O–H groups in total. The Labute approximate surface area is 128 Å². The van der Waals surface area contributed by atoms with Gasteiger partial charge < -0.3 is 10.1 Å². The van der Waals surface area contributed by atoms with Crippen LogP contribution in [0.5, 0.6) is 5.88 Å². The second-order valence-electron chi connectivity index (χ2n) is 5.42. The average Bonchev–Trinajstić information content (AvgIpc) is 3.34. The lowest BCUT2D eigenvalue weighted by Gasteiger charge is -2.06. The molecule has 1 heterocycles. The van der Waals surface area contributed by atoms with Crippen molar-refractivity contribution in [3.8, 4) is 5.88 Å². The van der Waals surface area contributed by atoms with Crippen molar-refractivity contribution in [3.63, 3.8) is 0 Å². The molecule has 1 aliphatic rings. The van der Waals surface area contributed by atoms with Crippen LogP contribution in [0.3, 0.4) is 0 Å². The minimum Gasteiger partial charge on any atom is -0.481 e. The number of hydrogen-bond acceptors (Lipinski definition) is 3. The zero-order valence-corrected chi connectivity index (χ0v) is 12.3. The number of pyridine rings is 1. The van der Waals surface area contributed by atoms with Crippen LogP contribution in [0.2, 0.25) is 0 Å². The van der Waals surface area contributed by atoms with Crippen molar-refractivity contribution in [2.75, 3.05) is 7.11 Å². The fourth-order valence-electron chi connectivity index (χ4n) is 2.56. The van der Waals surface area contributed by atoms with Crippen molar-refractivity contribution < 1.29 is 13.9 Å². The summed E-state index contributed by atoms with van der Waals surface area (Å²) in [6, 6.07) is 10.0. The van der Waals surface area contributed by atoms with E-state index in [0.717, 1.165) is 17.5 Å². The smallest absolute Gasteiger partial charge is 0.224 e. The third-order valence-corrected chi connectivity index (χ3v) is 3.90. The zero-order valence-electron chi connectivity index (χ0n) is 12.3. The van der Waals surface area contributed by atoms with E-state index in [9.17, 15) is 9.18 Å². The molecule has 1 aromatic heterocycles. The normalized spacial score (nSPS) is 19.5. The molecule has 0 radical (unpaired) electrons. The molecule has 3 rings (SSSR count). The zero-order chi connectivity index (χ0) is 15.5. The number of amides is 1. The summed E-state index contributed by atoms with van der Waals surface area (Å²) in [5.41, 5.74) is 1.96. The number of nitrogens with zero attached hydrogens (tertiary/aromatic N) is 1. The Morgan fingerprint density at radius 2 is 2.14 bits per heavy atom. The standard InChI is InChI=1S/C17H17FN2O2/c1-22-16-8-11(6-7-19-16)10-20-17(21)15-9-14(15)12-2-4-13(18)5-3-12/h2-8,14-15H,9-10H2,1H3,(H,20,21)/t14-,15-/m0/s1. The Morgan fingerprint density at radius 1 is 1.36 bits per heavy atom. The maximum atomic E-state index is 12.9. The molecule has 114 valence electrons. The molecule has 1 fully saturated rings. The van der Waals surface area contributed by atoms with Crippen LogP contribution in [-0.4, -0.2) is 18.0 Å². The summed E-state index contributed by atoms with van der Waals surface area (Å²) in [6.45, 7) is 0.449. The summed E-state index contributed by atoms with van der Waals surface area (Å²) in [5, 5.41) is 2.93.